The summed E-state index contributed by atoms with van der Waals surface area (Å²) in [4.78, 5) is 12.2. The molecule has 0 saturated carbocycles. The Morgan fingerprint density at radius 2 is 1.76 bits per heavy atom. The first-order valence-corrected chi connectivity index (χ1v) is 8.37. The molecule has 0 aromatic heterocycles. The van der Waals surface area contributed by atoms with Crippen LogP contribution < -0.4 is 20.1 Å². The molecule has 0 spiro atoms. The lowest BCUT2D eigenvalue weighted by Gasteiger charge is -2.20. The van der Waals surface area contributed by atoms with E-state index in [1.165, 1.54) is 0 Å². The summed E-state index contributed by atoms with van der Waals surface area (Å²) in [5.74, 6) is 1.41. The summed E-state index contributed by atoms with van der Waals surface area (Å²) < 4.78 is 10.7. The zero-order valence-corrected chi connectivity index (χ0v) is 15.0. The maximum atomic E-state index is 12.2. The second-order valence-corrected chi connectivity index (χ2v) is 5.78. The maximum absolute atomic E-state index is 12.2. The number of hydrogen-bond donors (Lipinski definition) is 2. The van der Waals surface area contributed by atoms with Crippen molar-refractivity contribution in [3.05, 3.63) is 59.7 Å². The van der Waals surface area contributed by atoms with Crippen molar-refractivity contribution < 1.29 is 14.3 Å². The van der Waals surface area contributed by atoms with Gasteiger partial charge in [0.15, 0.2) is 11.5 Å². The molecule has 134 valence electrons. The number of carbonyl (C=O) groups excluding carboxylic acids is 1. The predicted molar refractivity (Wildman–Crippen MR) is 99.1 cm³/mol. The van der Waals surface area contributed by atoms with Gasteiger partial charge in [-0.1, -0.05) is 36.4 Å². The molecule has 2 rings (SSSR count). The number of ether oxygens (including phenoxy) is 2. The van der Waals surface area contributed by atoms with Gasteiger partial charge in [-0.2, -0.15) is 0 Å². The van der Waals surface area contributed by atoms with Crippen molar-refractivity contribution in [3.63, 3.8) is 0 Å². The Bertz CT molecular complexity index is 674. The summed E-state index contributed by atoms with van der Waals surface area (Å²) in [5, 5.41) is 6.13. The lowest BCUT2D eigenvalue weighted by molar-refractivity contribution is -0.121. The van der Waals surface area contributed by atoms with Crippen molar-refractivity contribution in [2.75, 3.05) is 27.8 Å². The highest BCUT2D eigenvalue weighted by atomic mass is 16.5. The van der Waals surface area contributed by atoms with E-state index in [0.29, 0.717) is 30.9 Å². The van der Waals surface area contributed by atoms with Crippen molar-refractivity contribution in [1.82, 2.24) is 10.6 Å². The van der Waals surface area contributed by atoms with Gasteiger partial charge in [-0.25, -0.2) is 0 Å². The summed E-state index contributed by atoms with van der Waals surface area (Å²) in [6.45, 7) is 0.656. The number of carbonyl (C=O) groups is 1. The third-order valence-corrected chi connectivity index (χ3v) is 4.03. The molecule has 0 heterocycles. The topological polar surface area (TPSA) is 59.6 Å². The fraction of sp³-hybridized carbons (Fsp3) is 0.350. The van der Waals surface area contributed by atoms with E-state index in [2.05, 4.69) is 10.6 Å². The molecule has 0 aliphatic heterocycles. The number of rotatable bonds is 9. The van der Waals surface area contributed by atoms with Crippen LogP contribution in [0.1, 0.15) is 23.6 Å². The SMILES string of the molecule is CNCCC(=O)NC(Cc1ccc(OC)c(OC)c1)c1ccccc1. The number of nitrogens with one attached hydrogen (secondary N) is 2. The fourth-order valence-electron chi connectivity index (χ4n) is 2.69. The van der Waals surface area contributed by atoms with Gasteiger partial charge in [-0.05, 0) is 36.7 Å². The summed E-state index contributed by atoms with van der Waals surface area (Å²) in [6, 6.07) is 15.7. The van der Waals surface area contributed by atoms with Gasteiger partial charge in [0, 0.05) is 13.0 Å². The molecule has 0 saturated heterocycles. The minimum atomic E-state index is -0.0938. The Kier molecular flexibility index (Phi) is 7.29. The Morgan fingerprint density at radius 3 is 2.40 bits per heavy atom. The molecule has 5 heteroatoms. The molecule has 1 amide bonds. The quantitative estimate of drug-likeness (QED) is 0.736. The minimum Gasteiger partial charge on any atom is -0.493 e. The average Bonchev–Trinajstić information content (AvgIpc) is 2.66. The second kappa shape index (κ2) is 9.69. The third kappa shape index (κ3) is 5.50. The van der Waals surface area contributed by atoms with Crippen molar-refractivity contribution in [2.45, 2.75) is 18.9 Å². The highest BCUT2D eigenvalue weighted by Crippen LogP contribution is 2.29. The molecule has 1 atom stereocenters. The van der Waals surface area contributed by atoms with E-state index >= 15 is 0 Å². The molecular formula is C20H26N2O3. The van der Waals surface area contributed by atoms with E-state index in [1.54, 1.807) is 14.2 Å². The normalized spacial score (nSPS) is 11.6. The van der Waals surface area contributed by atoms with Crippen LogP contribution in [-0.4, -0.2) is 33.7 Å². The summed E-state index contributed by atoms with van der Waals surface area (Å²) in [6.07, 6.45) is 1.13. The maximum Gasteiger partial charge on any atom is 0.221 e. The zero-order chi connectivity index (χ0) is 18.1. The van der Waals surface area contributed by atoms with Crippen molar-refractivity contribution in [2.24, 2.45) is 0 Å². The highest BCUT2D eigenvalue weighted by Gasteiger charge is 2.16. The molecule has 0 aliphatic rings. The van der Waals surface area contributed by atoms with Crippen LogP contribution in [0, 0.1) is 0 Å². The van der Waals surface area contributed by atoms with Crippen molar-refractivity contribution in [3.8, 4) is 11.5 Å². The lowest BCUT2D eigenvalue weighted by Crippen LogP contribution is -2.31. The van der Waals surface area contributed by atoms with Gasteiger partial charge in [0.1, 0.15) is 0 Å². The average molecular weight is 342 g/mol. The standard InChI is InChI=1S/C20H26N2O3/c1-21-12-11-20(23)22-17(16-7-5-4-6-8-16)13-15-9-10-18(24-2)19(14-15)25-3/h4-10,14,17,21H,11-13H2,1-3H3,(H,22,23). The van der Waals surface area contributed by atoms with Crippen LogP contribution in [0.4, 0.5) is 0 Å². The molecule has 25 heavy (non-hydrogen) atoms. The van der Waals surface area contributed by atoms with Crippen molar-refractivity contribution >= 4 is 5.91 Å². The molecule has 0 aliphatic carbocycles. The molecule has 2 aromatic carbocycles. The summed E-state index contributed by atoms with van der Waals surface area (Å²) >= 11 is 0. The zero-order valence-electron chi connectivity index (χ0n) is 15.0. The molecule has 0 bridgehead atoms. The van der Waals surface area contributed by atoms with Crippen LogP contribution in [0.3, 0.4) is 0 Å². The number of benzene rings is 2. The lowest BCUT2D eigenvalue weighted by atomic mass is 9.98. The van der Waals surface area contributed by atoms with E-state index in [4.69, 9.17) is 9.47 Å². The predicted octanol–water partition coefficient (Wildman–Crippen LogP) is 2.71. The molecule has 5 nitrogen and oxygen atoms in total. The van der Waals surface area contributed by atoms with Crippen LogP contribution in [-0.2, 0) is 11.2 Å². The molecule has 2 N–H and O–H groups in total. The van der Waals surface area contributed by atoms with Crippen LogP contribution in [0.5, 0.6) is 11.5 Å². The van der Waals surface area contributed by atoms with E-state index in [1.807, 2.05) is 55.6 Å². The van der Waals surface area contributed by atoms with E-state index in [0.717, 1.165) is 11.1 Å². The first kappa shape index (κ1) is 18.8. The van der Waals surface area contributed by atoms with Crippen LogP contribution in [0.2, 0.25) is 0 Å². The van der Waals surface area contributed by atoms with Crippen LogP contribution >= 0.6 is 0 Å². The first-order valence-electron chi connectivity index (χ1n) is 8.37. The Morgan fingerprint density at radius 1 is 1.04 bits per heavy atom. The van der Waals surface area contributed by atoms with Crippen molar-refractivity contribution in [1.29, 1.82) is 0 Å². The number of amides is 1. The fourth-order valence-corrected chi connectivity index (χ4v) is 2.69. The van der Waals surface area contributed by atoms with Gasteiger partial charge in [-0.15, -0.1) is 0 Å². The van der Waals surface area contributed by atoms with Gasteiger partial charge in [0.05, 0.1) is 20.3 Å². The van der Waals surface area contributed by atoms with E-state index < -0.39 is 0 Å². The molecular weight excluding hydrogens is 316 g/mol. The smallest absolute Gasteiger partial charge is 0.221 e. The van der Waals surface area contributed by atoms with Gasteiger partial charge in [-0.3, -0.25) is 4.79 Å². The van der Waals surface area contributed by atoms with Gasteiger partial charge < -0.3 is 20.1 Å². The molecule has 2 aromatic rings. The first-order chi connectivity index (χ1) is 12.2. The minimum absolute atomic E-state index is 0.0312. The van der Waals surface area contributed by atoms with E-state index in [-0.39, 0.29) is 11.9 Å². The van der Waals surface area contributed by atoms with Gasteiger partial charge in [0.25, 0.3) is 0 Å². The molecule has 0 radical (unpaired) electrons. The second-order valence-electron chi connectivity index (χ2n) is 5.78. The Hall–Kier alpha value is -2.53. The molecule has 0 fully saturated rings. The van der Waals surface area contributed by atoms with Gasteiger partial charge in [0.2, 0.25) is 5.91 Å². The van der Waals surface area contributed by atoms with E-state index in [9.17, 15) is 4.79 Å². The number of methoxy groups -OCH3 is 2. The molecule has 1 unspecified atom stereocenters. The summed E-state index contributed by atoms with van der Waals surface area (Å²) in [5.41, 5.74) is 2.15. The summed E-state index contributed by atoms with van der Waals surface area (Å²) in [7, 11) is 5.08. The van der Waals surface area contributed by atoms with Crippen LogP contribution in [0.15, 0.2) is 48.5 Å². The Labute approximate surface area is 149 Å². The van der Waals surface area contributed by atoms with Gasteiger partial charge >= 0.3 is 0 Å². The third-order valence-electron chi connectivity index (χ3n) is 4.03. The highest BCUT2D eigenvalue weighted by molar-refractivity contribution is 5.76. The monoisotopic (exact) mass is 342 g/mol. The Balaban J connectivity index is 2.19. The van der Waals surface area contributed by atoms with Crippen LogP contribution in [0.25, 0.3) is 0 Å². The largest absolute Gasteiger partial charge is 0.493 e. The number of hydrogen-bond acceptors (Lipinski definition) is 4.